The van der Waals surface area contributed by atoms with Crippen molar-refractivity contribution in [1.82, 2.24) is 10.2 Å². The van der Waals surface area contributed by atoms with Gasteiger partial charge in [0, 0.05) is 17.6 Å². The molecule has 0 bridgehead atoms. The van der Waals surface area contributed by atoms with E-state index in [1.807, 2.05) is 19.9 Å². The maximum absolute atomic E-state index is 14.2. The second-order valence-corrected chi connectivity index (χ2v) is 12.2. The van der Waals surface area contributed by atoms with Gasteiger partial charge in [-0.15, -0.1) is 0 Å². The van der Waals surface area contributed by atoms with E-state index in [0.717, 1.165) is 4.31 Å². The van der Waals surface area contributed by atoms with Gasteiger partial charge in [-0.3, -0.25) is 13.9 Å². The summed E-state index contributed by atoms with van der Waals surface area (Å²) in [4.78, 5) is 28.9. The Hall–Kier alpha value is -3.27. The van der Waals surface area contributed by atoms with Gasteiger partial charge >= 0.3 is 0 Å². The van der Waals surface area contributed by atoms with Crippen molar-refractivity contribution in [2.75, 3.05) is 18.0 Å². The molecule has 0 saturated heterocycles. The van der Waals surface area contributed by atoms with Crippen LogP contribution in [-0.4, -0.2) is 50.9 Å². The van der Waals surface area contributed by atoms with Gasteiger partial charge in [0.2, 0.25) is 11.8 Å². The molecule has 11 heteroatoms. The Balaban J connectivity index is 2.10. The molecule has 1 N–H and O–H groups in total. The third kappa shape index (κ3) is 8.15. The number of nitrogens with one attached hydrogen (secondary N) is 1. The first kappa shape index (κ1) is 32.2. The van der Waals surface area contributed by atoms with Crippen molar-refractivity contribution >= 4 is 50.7 Å². The van der Waals surface area contributed by atoms with E-state index >= 15 is 0 Å². The summed E-state index contributed by atoms with van der Waals surface area (Å²) in [7, 11) is -2.72. The SMILES string of the molecule is CC[C@@H](C)NC(=O)[C@@H](CC)N(Cc1cccc(OC)c1)C(=O)CN(c1cc(Cl)ccc1Cl)S(=O)(=O)c1ccccc1. The molecule has 0 aliphatic carbocycles. The molecule has 220 valence electrons. The first-order valence-corrected chi connectivity index (χ1v) is 15.5. The smallest absolute Gasteiger partial charge is 0.264 e. The molecule has 2 atom stereocenters. The fraction of sp³-hybridized carbons (Fsp3) is 0.333. The van der Waals surface area contributed by atoms with Crippen molar-refractivity contribution in [3.63, 3.8) is 0 Å². The molecule has 0 aromatic heterocycles. The third-order valence-electron chi connectivity index (χ3n) is 6.66. The number of carbonyl (C=O) groups is 2. The van der Waals surface area contributed by atoms with Gasteiger partial charge < -0.3 is 15.0 Å². The van der Waals surface area contributed by atoms with Crippen LogP contribution in [0.2, 0.25) is 10.0 Å². The Morgan fingerprint density at radius 1 is 0.951 bits per heavy atom. The fourth-order valence-electron chi connectivity index (χ4n) is 4.24. The zero-order chi connectivity index (χ0) is 30.2. The molecule has 2 amide bonds. The Labute approximate surface area is 252 Å². The normalized spacial score (nSPS) is 12.7. The Bertz CT molecular complexity index is 1450. The van der Waals surface area contributed by atoms with Crippen molar-refractivity contribution in [1.29, 1.82) is 0 Å². The molecular weight excluding hydrogens is 585 g/mol. The predicted octanol–water partition coefficient (Wildman–Crippen LogP) is 5.92. The van der Waals surface area contributed by atoms with E-state index in [0.29, 0.717) is 24.2 Å². The molecule has 0 spiro atoms. The molecule has 0 aliphatic heterocycles. The summed E-state index contributed by atoms with van der Waals surface area (Å²) in [6.45, 7) is 5.07. The van der Waals surface area contributed by atoms with Crippen molar-refractivity contribution in [3.8, 4) is 5.75 Å². The molecule has 8 nitrogen and oxygen atoms in total. The Morgan fingerprint density at radius 2 is 1.66 bits per heavy atom. The highest BCUT2D eigenvalue weighted by molar-refractivity contribution is 7.92. The van der Waals surface area contributed by atoms with Crippen LogP contribution >= 0.6 is 23.2 Å². The summed E-state index contributed by atoms with van der Waals surface area (Å²) >= 11 is 12.7. The average Bonchev–Trinajstić information content (AvgIpc) is 2.97. The van der Waals surface area contributed by atoms with Crippen molar-refractivity contribution < 1.29 is 22.7 Å². The fourth-order valence-corrected chi connectivity index (χ4v) is 6.12. The monoisotopic (exact) mass is 619 g/mol. The van der Waals surface area contributed by atoms with Crippen LogP contribution in [-0.2, 0) is 26.2 Å². The number of hydrogen-bond acceptors (Lipinski definition) is 5. The van der Waals surface area contributed by atoms with Gasteiger partial charge in [-0.1, -0.05) is 67.4 Å². The van der Waals surface area contributed by atoms with Crippen LogP contribution in [0, 0.1) is 0 Å². The number of benzene rings is 3. The van der Waals surface area contributed by atoms with Crippen molar-refractivity contribution in [2.45, 2.75) is 57.1 Å². The number of carbonyl (C=O) groups excluding carboxylic acids is 2. The lowest BCUT2D eigenvalue weighted by molar-refractivity contribution is -0.140. The zero-order valence-electron chi connectivity index (χ0n) is 23.5. The van der Waals surface area contributed by atoms with Crippen LogP contribution in [0.1, 0.15) is 39.2 Å². The minimum atomic E-state index is -4.26. The Morgan fingerprint density at radius 3 is 2.29 bits per heavy atom. The van der Waals surface area contributed by atoms with Gasteiger partial charge in [0.15, 0.2) is 0 Å². The lowest BCUT2D eigenvalue weighted by atomic mass is 10.1. The van der Waals surface area contributed by atoms with Gasteiger partial charge in [0.1, 0.15) is 18.3 Å². The molecular formula is C30H35Cl2N3O5S. The molecule has 3 rings (SSSR count). The van der Waals surface area contributed by atoms with Crippen LogP contribution in [0.3, 0.4) is 0 Å². The van der Waals surface area contributed by atoms with Crippen LogP contribution in [0.4, 0.5) is 5.69 Å². The molecule has 0 fully saturated rings. The zero-order valence-corrected chi connectivity index (χ0v) is 25.8. The standard InChI is InChI=1S/C30H35Cl2N3O5S/c1-5-21(3)33-30(37)27(6-2)34(19-22-11-10-12-24(17-22)40-4)29(36)20-35(28-18-23(31)15-16-26(28)32)41(38,39)25-13-8-7-9-14-25/h7-18,21,27H,5-6,19-20H2,1-4H3,(H,33,37)/t21-,27-/m1/s1. The largest absolute Gasteiger partial charge is 0.497 e. The summed E-state index contributed by atoms with van der Waals surface area (Å²) in [5.74, 6) is -0.322. The molecule has 0 radical (unpaired) electrons. The number of sulfonamides is 1. The van der Waals surface area contributed by atoms with E-state index in [4.69, 9.17) is 27.9 Å². The molecule has 0 unspecified atom stereocenters. The molecule has 0 heterocycles. The molecule has 3 aromatic carbocycles. The van der Waals surface area contributed by atoms with E-state index in [-0.39, 0.29) is 39.1 Å². The number of nitrogens with zero attached hydrogens (tertiary/aromatic N) is 2. The second-order valence-electron chi connectivity index (χ2n) is 9.54. The Kier molecular flexibility index (Phi) is 11.5. The first-order chi connectivity index (χ1) is 19.5. The van der Waals surface area contributed by atoms with Crippen LogP contribution in [0.25, 0.3) is 0 Å². The summed E-state index contributed by atoms with van der Waals surface area (Å²) in [6, 6.07) is 18.3. The molecule has 3 aromatic rings. The quantitative estimate of drug-likeness (QED) is 0.256. The topological polar surface area (TPSA) is 96.0 Å². The van der Waals surface area contributed by atoms with E-state index in [1.54, 1.807) is 43.3 Å². The van der Waals surface area contributed by atoms with E-state index in [1.165, 1.54) is 42.3 Å². The van der Waals surface area contributed by atoms with Gasteiger partial charge in [-0.25, -0.2) is 8.42 Å². The number of hydrogen-bond donors (Lipinski definition) is 1. The molecule has 41 heavy (non-hydrogen) atoms. The van der Waals surface area contributed by atoms with Crippen LogP contribution in [0.15, 0.2) is 77.7 Å². The maximum Gasteiger partial charge on any atom is 0.264 e. The number of amides is 2. The molecule has 0 saturated carbocycles. The van der Waals surface area contributed by atoms with E-state index in [9.17, 15) is 18.0 Å². The first-order valence-electron chi connectivity index (χ1n) is 13.3. The van der Waals surface area contributed by atoms with E-state index < -0.39 is 28.5 Å². The van der Waals surface area contributed by atoms with Gasteiger partial charge in [0.05, 0.1) is 22.7 Å². The highest BCUT2D eigenvalue weighted by atomic mass is 35.5. The summed E-state index contributed by atoms with van der Waals surface area (Å²) in [6.07, 6.45) is 1.02. The second kappa shape index (κ2) is 14.6. The molecule has 0 aliphatic rings. The maximum atomic E-state index is 14.2. The number of ether oxygens (including phenoxy) is 1. The van der Waals surface area contributed by atoms with Crippen LogP contribution in [0.5, 0.6) is 5.75 Å². The third-order valence-corrected chi connectivity index (χ3v) is 8.99. The van der Waals surface area contributed by atoms with E-state index in [2.05, 4.69) is 5.32 Å². The minimum absolute atomic E-state index is 0.0234. The highest BCUT2D eigenvalue weighted by Crippen LogP contribution is 2.33. The van der Waals surface area contributed by atoms with Crippen molar-refractivity contribution in [3.05, 3.63) is 88.4 Å². The summed E-state index contributed by atoms with van der Waals surface area (Å²) in [5, 5.41) is 3.30. The number of rotatable bonds is 13. The highest BCUT2D eigenvalue weighted by Gasteiger charge is 2.34. The lowest BCUT2D eigenvalue weighted by Crippen LogP contribution is -2.53. The van der Waals surface area contributed by atoms with Crippen molar-refractivity contribution in [2.24, 2.45) is 0 Å². The number of halogens is 2. The summed E-state index contributed by atoms with van der Waals surface area (Å²) < 4.78 is 34.1. The predicted molar refractivity (Wildman–Crippen MR) is 163 cm³/mol. The van der Waals surface area contributed by atoms with Gasteiger partial charge in [0.25, 0.3) is 10.0 Å². The number of methoxy groups -OCH3 is 1. The number of anilines is 1. The van der Waals surface area contributed by atoms with Crippen LogP contribution < -0.4 is 14.4 Å². The van der Waals surface area contributed by atoms with Gasteiger partial charge in [-0.2, -0.15) is 0 Å². The summed E-state index contributed by atoms with van der Waals surface area (Å²) in [5.41, 5.74) is 0.764. The average molecular weight is 621 g/mol. The minimum Gasteiger partial charge on any atom is -0.497 e. The lowest BCUT2D eigenvalue weighted by Gasteiger charge is -2.34. The van der Waals surface area contributed by atoms with Gasteiger partial charge in [-0.05, 0) is 67.8 Å².